The monoisotopic (exact) mass is 555 g/mol. The summed E-state index contributed by atoms with van der Waals surface area (Å²) in [5, 5.41) is 10.1. The third kappa shape index (κ3) is 5.75. The van der Waals surface area contributed by atoms with Crippen molar-refractivity contribution in [3.63, 3.8) is 0 Å². The highest BCUT2D eigenvalue weighted by Crippen LogP contribution is 2.43. The molecule has 0 unspecified atom stereocenters. The lowest BCUT2D eigenvalue weighted by Crippen LogP contribution is -2.56. The Hall–Kier alpha value is -3.11. The molecule has 0 saturated carbocycles. The number of amides is 2. The summed E-state index contributed by atoms with van der Waals surface area (Å²) in [5.74, 6) is -6.94. The van der Waals surface area contributed by atoms with E-state index in [9.17, 15) is 40.4 Å². The van der Waals surface area contributed by atoms with E-state index < -0.39 is 69.2 Å². The van der Waals surface area contributed by atoms with Crippen molar-refractivity contribution < 1.29 is 55.0 Å². The minimum Gasteiger partial charge on any atom is -0.475 e. The molecule has 2 amide bonds. The summed E-state index contributed by atoms with van der Waals surface area (Å²) >= 11 is 0. The van der Waals surface area contributed by atoms with Crippen LogP contribution in [0, 0.1) is 17.7 Å². The highest BCUT2D eigenvalue weighted by molar-refractivity contribution is 7.89. The first kappa shape index (κ1) is 30.1. The van der Waals surface area contributed by atoms with Gasteiger partial charge in [0.25, 0.3) is 0 Å². The van der Waals surface area contributed by atoms with Gasteiger partial charge in [-0.25, -0.2) is 17.6 Å². The minimum atomic E-state index is -5.08. The lowest BCUT2D eigenvalue weighted by atomic mass is 9.81. The van der Waals surface area contributed by atoms with E-state index in [0.717, 1.165) is 33.5 Å². The average molecular weight is 556 g/mol. The largest absolute Gasteiger partial charge is 0.490 e. The Balaban J connectivity index is 0.000000604. The molecule has 2 saturated heterocycles. The molecular formula is C21H25F4N3O8S. The summed E-state index contributed by atoms with van der Waals surface area (Å²) in [7, 11) is -1.47. The van der Waals surface area contributed by atoms with Crippen molar-refractivity contribution in [1.29, 1.82) is 0 Å². The molecule has 2 aliphatic rings. The van der Waals surface area contributed by atoms with Gasteiger partial charge in [0.15, 0.2) is 0 Å². The fourth-order valence-corrected chi connectivity index (χ4v) is 5.82. The van der Waals surface area contributed by atoms with Gasteiger partial charge in [0.05, 0.1) is 23.8 Å². The van der Waals surface area contributed by atoms with E-state index >= 15 is 0 Å². The zero-order valence-corrected chi connectivity index (χ0v) is 20.9. The van der Waals surface area contributed by atoms with Gasteiger partial charge in [0.2, 0.25) is 21.8 Å². The van der Waals surface area contributed by atoms with Gasteiger partial charge in [0, 0.05) is 26.2 Å². The van der Waals surface area contributed by atoms with E-state index in [1.165, 1.54) is 21.1 Å². The predicted octanol–water partition coefficient (Wildman–Crippen LogP) is 0.604. The van der Waals surface area contributed by atoms with Crippen molar-refractivity contribution in [2.75, 3.05) is 27.2 Å². The van der Waals surface area contributed by atoms with Crippen molar-refractivity contribution in [3.8, 4) is 0 Å². The fraction of sp³-hybridized carbons (Fsp3) is 0.524. The van der Waals surface area contributed by atoms with Gasteiger partial charge in [-0.15, -0.1) is 0 Å². The van der Waals surface area contributed by atoms with E-state index in [1.54, 1.807) is 6.92 Å². The summed E-state index contributed by atoms with van der Waals surface area (Å²) in [6, 6.07) is 3.62. The number of hydrogen-bond donors (Lipinski definition) is 2. The van der Waals surface area contributed by atoms with Crippen LogP contribution in [0.3, 0.4) is 0 Å². The van der Waals surface area contributed by atoms with Crippen molar-refractivity contribution in [1.82, 2.24) is 14.5 Å². The number of carbonyl (C=O) groups is 4. The van der Waals surface area contributed by atoms with Crippen LogP contribution in [0.2, 0.25) is 0 Å². The predicted molar refractivity (Wildman–Crippen MR) is 117 cm³/mol. The summed E-state index contributed by atoms with van der Waals surface area (Å²) in [5.41, 5.74) is -1.47. The Bertz CT molecular complexity index is 1180. The molecule has 4 atom stereocenters. The van der Waals surface area contributed by atoms with Crippen LogP contribution in [-0.2, 0) is 33.9 Å². The van der Waals surface area contributed by atoms with Gasteiger partial charge in [0.1, 0.15) is 11.4 Å². The fourth-order valence-electron chi connectivity index (χ4n) is 4.34. The quantitative estimate of drug-likeness (QED) is 0.292. The van der Waals surface area contributed by atoms with Crippen molar-refractivity contribution in [2.24, 2.45) is 11.8 Å². The summed E-state index contributed by atoms with van der Waals surface area (Å²) in [6.07, 6.45) is -5.08. The number of halogens is 4. The first-order valence-corrected chi connectivity index (χ1v) is 12.1. The second-order valence-electron chi connectivity index (χ2n) is 8.40. The SMILES string of the molecule is CCN(C[C@H]1N[C@@](C)(C(=O)OC)[C@H]2C(=O)N(C)C(=O)[C@@H]12)S(=O)(=O)c1ccc(F)cc1.O=C(O)C(F)(F)F. The first-order chi connectivity index (χ1) is 16.9. The molecule has 37 heavy (non-hydrogen) atoms. The maximum atomic E-state index is 13.2. The third-order valence-electron chi connectivity index (χ3n) is 6.17. The number of nitrogens with one attached hydrogen (secondary N) is 1. The molecule has 1 aromatic rings. The number of imide groups is 1. The Morgan fingerprint density at radius 1 is 1.19 bits per heavy atom. The molecule has 0 aromatic heterocycles. The van der Waals surface area contributed by atoms with Gasteiger partial charge in [-0.1, -0.05) is 6.92 Å². The van der Waals surface area contributed by atoms with E-state index in [0.29, 0.717) is 0 Å². The lowest BCUT2D eigenvalue weighted by molar-refractivity contribution is -0.192. The molecule has 0 radical (unpaired) electrons. The van der Waals surface area contributed by atoms with Crippen LogP contribution >= 0.6 is 0 Å². The van der Waals surface area contributed by atoms with Crippen molar-refractivity contribution in [3.05, 3.63) is 30.1 Å². The second-order valence-corrected chi connectivity index (χ2v) is 10.3. The smallest absolute Gasteiger partial charge is 0.475 e. The second kappa shape index (κ2) is 10.7. The molecule has 3 rings (SSSR count). The van der Waals surface area contributed by atoms with Crippen LogP contribution < -0.4 is 5.32 Å². The number of fused-ring (bicyclic) bond motifs is 1. The number of aliphatic carboxylic acids is 1. The zero-order valence-electron chi connectivity index (χ0n) is 20.1. The number of likely N-dealkylation sites (tertiary alicyclic amines) is 1. The average Bonchev–Trinajstić information content (AvgIpc) is 3.24. The number of benzene rings is 1. The zero-order chi connectivity index (χ0) is 28.5. The molecular weight excluding hydrogens is 530 g/mol. The first-order valence-electron chi connectivity index (χ1n) is 10.7. The van der Waals surface area contributed by atoms with Crippen LogP contribution in [0.25, 0.3) is 0 Å². The van der Waals surface area contributed by atoms with Gasteiger partial charge in [-0.05, 0) is 31.2 Å². The number of carboxylic acid groups (broad SMARTS) is 1. The van der Waals surface area contributed by atoms with Crippen LogP contribution in [0.1, 0.15) is 13.8 Å². The summed E-state index contributed by atoms with van der Waals surface area (Å²) < 4.78 is 77.0. The number of likely N-dealkylation sites (N-methyl/N-ethyl adjacent to an activating group) is 1. The van der Waals surface area contributed by atoms with Crippen molar-refractivity contribution in [2.45, 2.75) is 36.5 Å². The van der Waals surface area contributed by atoms with E-state index in [2.05, 4.69) is 5.32 Å². The summed E-state index contributed by atoms with van der Waals surface area (Å²) in [4.78, 5) is 47.6. The molecule has 1 aromatic carbocycles. The number of nitrogens with zero attached hydrogens (tertiary/aromatic N) is 2. The van der Waals surface area contributed by atoms with Gasteiger partial charge < -0.3 is 9.84 Å². The number of carbonyl (C=O) groups excluding carboxylic acids is 3. The Morgan fingerprint density at radius 2 is 1.70 bits per heavy atom. The van der Waals surface area contributed by atoms with Crippen molar-refractivity contribution >= 4 is 33.8 Å². The number of rotatable bonds is 6. The number of hydrogen-bond acceptors (Lipinski definition) is 8. The van der Waals surface area contributed by atoms with Gasteiger partial charge >= 0.3 is 18.1 Å². The van der Waals surface area contributed by atoms with E-state index in [1.807, 2.05) is 0 Å². The molecule has 2 N–H and O–H groups in total. The highest BCUT2D eigenvalue weighted by atomic mass is 32.2. The van der Waals surface area contributed by atoms with Crippen LogP contribution in [0.15, 0.2) is 29.2 Å². The van der Waals surface area contributed by atoms with Crippen LogP contribution in [0.4, 0.5) is 17.6 Å². The minimum absolute atomic E-state index is 0.0716. The third-order valence-corrected chi connectivity index (χ3v) is 8.12. The number of ether oxygens (including phenoxy) is 1. The topological polar surface area (TPSA) is 150 Å². The van der Waals surface area contributed by atoms with E-state index in [4.69, 9.17) is 14.6 Å². The highest BCUT2D eigenvalue weighted by Gasteiger charge is 2.66. The summed E-state index contributed by atoms with van der Waals surface area (Å²) in [6.45, 7) is 3.02. The molecule has 2 fully saturated rings. The normalized spacial score (nSPS) is 25.5. The molecule has 11 nitrogen and oxygen atoms in total. The maximum absolute atomic E-state index is 13.2. The Labute approximate surface area is 209 Å². The molecule has 0 aliphatic carbocycles. The molecule has 2 aliphatic heterocycles. The Morgan fingerprint density at radius 3 is 2.14 bits per heavy atom. The molecule has 206 valence electrons. The number of esters is 1. The number of alkyl halides is 3. The molecule has 0 bridgehead atoms. The molecule has 16 heteroatoms. The van der Waals surface area contributed by atoms with Crippen LogP contribution in [0.5, 0.6) is 0 Å². The molecule has 0 spiro atoms. The molecule has 2 heterocycles. The standard InChI is InChI=1S/C19H24FN3O6S.C2HF3O2/c1-5-23(30(27,28)12-8-6-11(20)7-9-12)10-13-14-15(17(25)22(3)16(14)24)19(2,21-13)18(26)29-4;3-2(4,5)1(6)7/h6-9,13-15,21H,5,10H2,1-4H3;(H,6,7)/t13-,14+,15-,19-;/m1./s1. The number of carboxylic acids is 1. The van der Waals surface area contributed by atoms with Crippen LogP contribution in [-0.4, -0.2) is 91.5 Å². The van der Waals surface area contributed by atoms with Gasteiger partial charge in [-0.3, -0.25) is 24.6 Å². The number of sulfonamides is 1. The van der Waals surface area contributed by atoms with Gasteiger partial charge in [-0.2, -0.15) is 17.5 Å². The number of methoxy groups -OCH3 is 1. The lowest BCUT2D eigenvalue weighted by Gasteiger charge is -2.29. The van der Waals surface area contributed by atoms with E-state index in [-0.39, 0.29) is 18.0 Å². The Kier molecular flexibility index (Phi) is 8.72. The maximum Gasteiger partial charge on any atom is 0.490 e.